The van der Waals surface area contributed by atoms with Gasteiger partial charge in [0.05, 0.1) is 12.7 Å². The van der Waals surface area contributed by atoms with Crippen molar-refractivity contribution < 1.29 is 9.84 Å². The molecule has 19 heavy (non-hydrogen) atoms. The molecule has 2 atom stereocenters. The molecule has 3 nitrogen and oxygen atoms in total. The molecular weight excluding hydrogens is 238 g/mol. The van der Waals surface area contributed by atoms with E-state index < -0.39 is 5.60 Å². The van der Waals surface area contributed by atoms with E-state index in [0.29, 0.717) is 6.54 Å². The zero-order valence-electron chi connectivity index (χ0n) is 12.6. The van der Waals surface area contributed by atoms with E-state index in [2.05, 4.69) is 31.3 Å². The fourth-order valence-corrected chi connectivity index (χ4v) is 2.30. The van der Waals surface area contributed by atoms with E-state index >= 15 is 0 Å². The van der Waals surface area contributed by atoms with Crippen molar-refractivity contribution in [2.45, 2.75) is 51.7 Å². The Bertz CT molecular complexity index is 360. The Morgan fingerprint density at radius 1 is 1.26 bits per heavy atom. The lowest BCUT2D eigenvalue weighted by Crippen LogP contribution is -2.39. The Kier molecular flexibility index (Phi) is 6.32. The smallest absolute Gasteiger partial charge is 0.118 e. The molecule has 0 aliphatic carbocycles. The zero-order valence-corrected chi connectivity index (χ0v) is 12.6. The van der Waals surface area contributed by atoms with Gasteiger partial charge in [-0.05, 0) is 37.5 Å². The molecule has 3 heteroatoms. The topological polar surface area (TPSA) is 41.5 Å². The maximum atomic E-state index is 10.2. The van der Waals surface area contributed by atoms with Crippen LogP contribution in [-0.4, -0.2) is 24.4 Å². The average molecular weight is 265 g/mol. The highest BCUT2D eigenvalue weighted by Crippen LogP contribution is 2.21. The second kappa shape index (κ2) is 7.51. The minimum atomic E-state index is -0.630. The van der Waals surface area contributed by atoms with Gasteiger partial charge < -0.3 is 15.2 Å². The summed E-state index contributed by atoms with van der Waals surface area (Å²) in [6.07, 6.45) is 2.81. The van der Waals surface area contributed by atoms with Gasteiger partial charge in [0.25, 0.3) is 0 Å². The van der Waals surface area contributed by atoms with Crippen molar-refractivity contribution in [3.8, 4) is 5.75 Å². The highest BCUT2D eigenvalue weighted by molar-refractivity contribution is 5.29. The molecule has 2 unspecified atom stereocenters. The van der Waals surface area contributed by atoms with E-state index in [4.69, 9.17) is 4.74 Å². The van der Waals surface area contributed by atoms with Crippen LogP contribution in [0.2, 0.25) is 0 Å². The molecule has 0 heterocycles. The quantitative estimate of drug-likeness (QED) is 0.758. The fraction of sp³-hybridized carbons (Fsp3) is 0.625. The monoisotopic (exact) mass is 265 g/mol. The normalized spacial score (nSPS) is 15.8. The molecule has 1 aromatic carbocycles. The van der Waals surface area contributed by atoms with E-state index in [9.17, 15) is 5.11 Å². The highest BCUT2D eigenvalue weighted by atomic mass is 16.5. The zero-order chi connectivity index (χ0) is 14.3. The largest absolute Gasteiger partial charge is 0.497 e. The summed E-state index contributed by atoms with van der Waals surface area (Å²) in [7, 11) is 1.67. The average Bonchev–Trinajstić information content (AvgIpc) is 2.40. The first-order valence-corrected chi connectivity index (χ1v) is 7.12. The van der Waals surface area contributed by atoms with Gasteiger partial charge in [-0.1, -0.05) is 32.4 Å². The maximum Gasteiger partial charge on any atom is 0.118 e. The van der Waals surface area contributed by atoms with Crippen molar-refractivity contribution in [2.75, 3.05) is 13.7 Å². The van der Waals surface area contributed by atoms with Crippen molar-refractivity contribution in [3.05, 3.63) is 29.8 Å². The van der Waals surface area contributed by atoms with Crippen LogP contribution in [0.15, 0.2) is 24.3 Å². The van der Waals surface area contributed by atoms with Crippen molar-refractivity contribution in [3.63, 3.8) is 0 Å². The first-order chi connectivity index (χ1) is 9.02. The summed E-state index contributed by atoms with van der Waals surface area (Å²) in [6.45, 7) is 6.75. The van der Waals surface area contributed by atoms with Gasteiger partial charge in [0.1, 0.15) is 5.75 Å². The van der Waals surface area contributed by atoms with Crippen molar-refractivity contribution in [1.29, 1.82) is 0 Å². The van der Waals surface area contributed by atoms with Crippen LogP contribution in [0.1, 0.15) is 51.6 Å². The lowest BCUT2D eigenvalue weighted by Gasteiger charge is -2.27. The summed E-state index contributed by atoms with van der Waals surface area (Å²) >= 11 is 0. The molecular formula is C16H27NO2. The van der Waals surface area contributed by atoms with Gasteiger partial charge in [0.15, 0.2) is 0 Å². The number of benzene rings is 1. The molecule has 0 saturated carbocycles. The number of nitrogens with one attached hydrogen (secondary N) is 1. The highest BCUT2D eigenvalue weighted by Gasteiger charge is 2.20. The van der Waals surface area contributed by atoms with Crippen LogP contribution in [0.3, 0.4) is 0 Å². The predicted molar refractivity (Wildman–Crippen MR) is 79.6 cm³/mol. The van der Waals surface area contributed by atoms with Gasteiger partial charge in [0, 0.05) is 12.6 Å². The molecule has 0 amide bonds. The predicted octanol–water partition coefficient (Wildman–Crippen LogP) is 3.29. The second-order valence-corrected chi connectivity index (χ2v) is 5.36. The van der Waals surface area contributed by atoms with E-state index in [0.717, 1.165) is 25.0 Å². The van der Waals surface area contributed by atoms with Crippen LogP contribution in [0.4, 0.5) is 0 Å². The van der Waals surface area contributed by atoms with Crippen LogP contribution in [0.25, 0.3) is 0 Å². The second-order valence-electron chi connectivity index (χ2n) is 5.36. The summed E-state index contributed by atoms with van der Waals surface area (Å²) in [4.78, 5) is 0. The Morgan fingerprint density at radius 2 is 1.89 bits per heavy atom. The summed E-state index contributed by atoms with van der Waals surface area (Å²) in [5.74, 6) is 0.872. The molecule has 0 radical (unpaired) electrons. The van der Waals surface area contributed by atoms with Crippen LogP contribution >= 0.6 is 0 Å². The Balaban J connectivity index is 2.62. The minimum Gasteiger partial charge on any atom is -0.497 e. The van der Waals surface area contributed by atoms with Gasteiger partial charge >= 0.3 is 0 Å². The molecule has 0 aromatic heterocycles. The molecule has 0 bridgehead atoms. The van der Waals surface area contributed by atoms with E-state index in [1.165, 1.54) is 5.56 Å². The van der Waals surface area contributed by atoms with Gasteiger partial charge in [-0.2, -0.15) is 0 Å². The third-order valence-electron chi connectivity index (χ3n) is 3.44. The van der Waals surface area contributed by atoms with Gasteiger partial charge in [0.2, 0.25) is 0 Å². The summed E-state index contributed by atoms with van der Waals surface area (Å²) in [5, 5.41) is 13.7. The number of methoxy groups -OCH3 is 1. The maximum absolute atomic E-state index is 10.2. The first-order valence-electron chi connectivity index (χ1n) is 7.12. The lowest BCUT2D eigenvalue weighted by atomic mass is 9.98. The standard InChI is InChI=1S/C16H27NO2/c1-5-11-16(3,18)12-17-15(6-2)13-7-9-14(19-4)10-8-13/h7-10,15,17-18H,5-6,11-12H2,1-4H3. The molecule has 0 spiro atoms. The fourth-order valence-electron chi connectivity index (χ4n) is 2.30. The molecule has 1 aromatic rings. The molecule has 108 valence electrons. The Hall–Kier alpha value is -1.06. The van der Waals surface area contributed by atoms with Crippen molar-refractivity contribution in [1.82, 2.24) is 5.32 Å². The molecule has 1 rings (SSSR count). The number of rotatable bonds is 8. The van der Waals surface area contributed by atoms with E-state index in [1.54, 1.807) is 7.11 Å². The van der Waals surface area contributed by atoms with Gasteiger partial charge in [-0.3, -0.25) is 0 Å². The molecule has 2 N–H and O–H groups in total. The third kappa shape index (κ3) is 5.21. The van der Waals surface area contributed by atoms with Crippen molar-refractivity contribution in [2.24, 2.45) is 0 Å². The Morgan fingerprint density at radius 3 is 2.37 bits per heavy atom. The Labute approximate surface area is 117 Å². The van der Waals surface area contributed by atoms with Crippen LogP contribution in [0.5, 0.6) is 5.75 Å². The molecule has 0 aliphatic heterocycles. The molecule has 0 fully saturated rings. The van der Waals surface area contributed by atoms with E-state index in [-0.39, 0.29) is 6.04 Å². The number of ether oxygens (including phenoxy) is 1. The number of hydrogen-bond donors (Lipinski definition) is 2. The van der Waals surface area contributed by atoms with E-state index in [1.807, 2.05) is 19.1 Å². The summed E-state index contributed by atoms with van der Waals surface area (Å²) < 4.78 is 5.17. The number of hydrogen-bond acceptors (Lipinski definition) is 3. The number of aliphatic hydroxyl groups is 1. The SMILES string of the molecule is CCCC(C)(O)CNC(CC)c1ccc(OC)cc1. The van der Waals surface area contributed by atoms with Crippen LogP contribution < -0.4 is 10.1 Å². The summed E-state index contributed by atoms with van der Waals surface area (Å²) in [5.41, 5.74) is 0.602. The van der Waals surface area contributed by atoms with Crippen molar-refractivity contribution >= 4 is 0 Å². The lowest BCUT2D eigenvalue weighted by molar-refractivity contribution is 0.0469. The van der Waals surface area contributed by atoms with Gasteiger partial charge in [-0.15, -0.1) is 0 Å². The molecule has 0 saturated heterocycles. The van der Waals surface area contributed by atoms with Crippen LogP contribution in [0, 0.1) is 0 Å². The molecule has 0 aliphatic rings. The third-order valence-corrected chi connectivity index (χ3v) is 3.44. The first kappa shape index (κ1) is 16.0. The minimum absolute atomic E-state index is 0.272. The van der Waals surface area contributed by atoms with Gasteiger partial charge in [-0.25, -0.2) is 0 Å². The van der Waals surface area contributed by atoms with Crippen LogP contribution in [-0.2, 0) is 0 Å². The summed E-state index contributed by atoms with van der Waals surface area (Å²) in [6, 6.07) is 8.38.